The molecule has 0 radical (unpaired) electrons. The van der Waals surface area contributed by atoms with Gasteiger partial charge in [0.15, 0.2) is 0 Å². The third-order valence-corrected chi connectivity index (χ3v) is 4.98. The molecule has 106 valence electrons. The average Bonchev–Trinajstić information content (AvgIpc) is 2.32. The molecule has 0 aliphatic carbocycles. The molecule has 0 spiro atoms. The standard InChI is InChI=1S/C13H11BrFNO3S/c1-8-6-10(17)3-4-12(8)16-20(18,19)13-5-2-9(15)7-11(13)14/h2-7,16-17H,1H3. The Balaban J connectivity index is 2.41. The molecule has 20 heavy (non-hydrogen) atoms. The van der Waals surface area contributed by atoms with E-state index in [0.717, 1.165) is 12.1 Å². The van der Waals surface area contributed by atoms with E-state index in [9.17, 15) is 17.9 Å². The zero-order valence-electron chi connectivity index (χ0n) is 10.4. The highest BCUT2D eigenvalue weighted by Crippen LogP contribution is 2.27. The fourth-order valence-corrected chi connectivity index (χ4v) is 3.84. The maximum Gasteiger partial charge on any atom is 0.263 e. The number of phenols is 1. The molecule has 7 heteroatoms. The summed E-state index contributed by atoms with van der Waals surface area (Å²) < 4.78 is 40.0. The molecule has 0 heterocycles. The third-order valence-electron chi connectivity index (χ3n) is 2.64. The van der Waals surface area contributed by atoms with Crippen LogP contribution in [0.1, 0.15) is 5.56 Å². The number of sulfonamides is 1. The van der Waals surface area contributed by atoms with Crippen molar-refractivity contribution in [2.45, 2.75) is 11.8 Å². The Morgan fingerprint density at radius 1 is 1.20 bits per heavy atom. The zero-order chi connectivity index (χ0) is 14.9. The maximum absolute atomic E-state index is 13.0. The van der Waals surface area contributed by atoms with Gasteiger partial charge in [0.25, 0.3) is 10.0 Å². The number of anilines is 1. The summed E-state index contributed by atoms with van der Waals surface area (Å²) in [7, 11) is -3.84. The van der Waals surface area contributed by atoms with Crippen molar-refractivity contribution in [3.8, 4) is 5.75 Å². The molecule has 4 nitrogen and oxygen atoms in total. The van der Waals surface area contributed by atoms with Crippen LogP contribution in [0.3, 0.4) is 0 Å². The number of hydrogen-bond donors (Lipinski definition) is 2. The average molecular weight is 360 g/mol. The number of halogens is 2. The molecule has 0 saturated heterocycles. The van der Waals surface area contributed by atoms with Crippen LogP contribution in [0.15, 0.2) is 45.8 Å². The molecule has 2 N–H and O–H groups in total. The lowest BCUT2D eigenvalue weighted by Crippen LogP contribution is -2.14. The summed E-state index contributed by atoms with van der Waals surface area (Å²) in [6, 6.07) is 7.61. The van der Waals surface area contributed by atoms with Crippen molar-refractivity contribution in [1.82, 2.24) is 0 Å². The first kappa shape index (κ1) is 14.8. The number of benzene rings is 2. The summed E-state index contributed by atoms with van der Waals surface area (Å²) in [4.78, 5) is -0.0635. The summed E-state index contributed by atoms with van der Waals surface area (Å²) in [5.74, 6) is -0.481. The molecule has 0 aliphatic rings. The van der Waals surface area contributed by atoms with Gasteiger partial charge in [0.2, 0.25) is 0 Å². The minimum Gasteiger partial charge on any atom is -0.508 e. The second kappa shape index (κ2) is 5.41. The van der Waals surface area contributed by atoms with Gasteiger partial charge in [0, 0.05) is 4.47 Å². The van der Waals surface area contributed by atoms with E-state index in [1.165, 1.54) is 24.3 Å². The summed E-state index contributed by atoms with van der Waals surface area (Å²) in [6.45, 7) is 1.66. The summed E-state index contributed by atoms with van der Waals surface area (Å²) in [6.07, 6.45) is 0. The first-order valence-electron chi connectivity index (χ1n) is 5.57. The van der Waals surface area contributed by atoms with Crippen molar-refractivity contribution in [3.63, 3.8) is 0 Å². The third kappa shape index (κ3) is 3.10. The Hall–Kier alpha value is -1.60. The lowest BCUT2D eigenvalue weighted by atomic mass is 10.2. The van der Waals surface area contributed by atoms with Crippen LogP contribution in [0, 0.1) is 12.7 Å². The highest BCUT2D eigenvalue weighted by Gasteiger charge is 2.19. The minimum atomic E-state index is -3.84. The van der Waals surface area contributed by atoms with E-state index in [1.807, 2.05) is 0 Å². The summed E-state index contributed by atoms with van der Waals surface area (Å²) >= 11 is 3.03. The van der Waals surface area contributed by atoms with Crippen molar-refractivity contribution in [3.05, 3.63) is 52.3 Å². The van der Waals surface area contributed by atoms with Crippen LogP contribution in [-0.2, 0) is 10.0 Å². The molecule has 0 saturated carbocycles. The number of hydrogen-bond acceptors (Lipinski definition) is 3. The van der Waals surface area contributed by atoms with E-state index in [-0.39, 0.29) is 15.1 Å². The van der Waals surface area contributed by atoms with Crippen LogP contribution < -0.4 is 4.72 Å². The SMILES string of the molecule is Cc1cc(O)ccc1NS(=O)(=O)c1ccc(F)cc1Br. The highest BCUT2D eigenvalue weighted by atomic mass is 79.9. The van der Waals surface area contributed by atoms with E-state index in [1.54, 1.807) is 6.92 Å². The number of aryl methyl sites for hydroxylation is 1. The lowest BCUT2D eigenvalue weighted by molar-refractivity contribution is 0.475. The van der Waals surface area contributed by atoms with Crippen LogP contribution in [0.5, 0.6) is 5.75 Å². The van der Waals surface area contributed by atoms with Gasteiger partial charge in [-0.25, -0.2) is 12.8 Å². The largest absolute Gasteiger partial charge is 0.508 e. The quantitative estimate of drug-likeness (QED) is 0.825. The van der Waals surface area contributed by atoms with Crippen LogP contribution in [-0.4, -0.2) is 13.5 Å². The molecule has 2 aromatic carbocycles. The van der Waals surface area contributed by atoms with Crippen molar-refractivity contribution in [1.29, 1.82) is 0 Å². The van der Waals surface area contributed by atoms with Gasteiger partial charge in [-0.05, 0) is 64.8 Å². The molecule has 2 aromatic rings. The molecule has 0 amide bonds. The summed E-state index contributed by atoms with van der Waals surface area (Å²) in [5.41, 5.74) is 0.922. The van der Waals surface area contributed by atoms with E-state index < -0.39 is 15.8 Å². The molecule has 0 aliphatic heterocycles. The van der Waals surface area contributed by atoms with Gasteiger partial charge < -0.3 is 5.11 Å². The molecule has 0 bridgehead atoms. The Kier molecular flexibility index (Phi) is 4.01. The number of nitrogens with one attached hydrogen (secondary N) is 1. The van der Waals surface area contributed by atoms with Crippen LogP contribution >= 0.6 is 15.9 Å². The molecular formula is C13H11BrFNO3S. The smallest absolute Gasteiger partial charge is 0.263 e. The molecule has 2 rings (SSSR count). The van der Waals surface area contributed by atoms with E-state index in [0.29, 0.717) is 11.3 Å². The second-order valence-electron chi connectivity index (χ2n) is 4.18. The second-order valence-corrected chi connectivity index (χ2v) is 6.68. The van der Waals surface area contributed by atoms with Crippen molar-refractivity contribution >= 4 is 31.6 Å². The van der Waals surface area contributed by atoms with Crippen LogP contribution in [0.25, 0.3) is 0 Å². The van der Waals surface area contributed by atoms with Gasteiger partial charge in [-0.3, -0.25) is 4.72 Å². The fourth-order valence-electron chi connectivity index (χ4n) is 1.66. The zero-order valence-corrected chi connectivity index (χ0v) is 12.8. The normalized spacial score (nSPS) is 11.3. The topological polar surface area (TPSA) is 66.4 Å². The van der Waals surface area contributed by atoms with Gasteiger partial charge in [-0.1, -0.05) is 0 Å². The number of aromatic hydroxyl groups is 1. The number of phenolic OH excluding ortho intramolecular Hbond substituents is 1. The van der Waals surface area contributed by atoms with E-state index in [2.05, 4.69) is 20.7 Å². The first-order valence-corrected chi connectivity index (χ1v) is 7.85. The monoisotopic (exact) mass is 359 g/mol. The Labute approximate surface area is 124 Å². The van der Waals surface area contributed by atoms with Gasteiger partial charge >= 0.3 is 0 Å². The molecular weight excluding hydrogens is 349 g/mol. The highest BCUT2D eigenvalue weighted by molar-refractivity contribution is 9.10. The Morgan fingerprint density at radius 3 is 2.50 bits per heavy atom. The lowest BCUT2D eigenvalue weighted by Gasteiger charge is -2.12. The van der Waals surface area contributed by atoms with E-state index in [4.69, 9.17) is 0 Å². The predicted octanol–water partition coefficient (Wildman–Crippen LogP) is 3.40. The predicted molar refractivity (Wildman–Crippen MR) is 77.8 cm³/mol. The van der Waals surface area contributed by atoms with Crippen LogP contribution in [0.4, 0.5) is 10.1 Å². The maximum atomic E-state index is 13.0. The molecule has 0 aromatic heterocycles. The molecule has 0 unspecified atom stereocenters. The van der Waals surface area contributed by atoms with E-state index >= 15 is 0 Å². The van der Waals surface area contributed by atoms with Crippen molar-refractivity contribution in [2.75, 3.05) is 4.72 Å². The summed E-state index contributed by atoms with van der Waals surface area (Å²) in [5, 5.41) is 9.30. The van der Waals surface area contributed by atoms with Crippen molar-refractivity contribution in [2.24, 2.45) is 0 Å². The van der Waals surface area contributed by atoms with Gasteiger partial charge in [-0.2, -0.15) is 0 Å². The molecule has 0 fully saturated rings. The fraction of sp³-hybridized carbons (Fsp3) is 0.0769. The Bertz CT molecular complexity index is 762. The van der Waals surface area contributed by atoms with Gasteiger partial charge in [0.1, 0.15) is 16.5 Å². The first-order chi connectivity index (χ1) is 9.29. The van der Waals surface area contributed by atoms with Crippen molar-refractivity contribution < 1.29 is 17.9 Å². The van der Waals surface area contributed by atoms with Gasteiger partial charge in [-0.15, -0.1) is 0 Å². The Morgan fingerprint density at radius 2 is 1.90 bits per heavy atom. The van der Waals surface area contributed by atoms with Gasteiger partial charge in [0.05, 0.1) is 5.69 Å². The molecule has 0 atom stereocenters. The number of rotatable bonds is 3. The van der Waals surface area contributed by atoms with Crippen LogP contribution in [0.2, 0.25) is 0 Å². The minimum absolute atomic E-state index is 0.0495.